The molecule has 2 heterocycles. The Bertz CT molecular complexity index is 438. The first-order valence-electron chi connectivity index (χ1n) is 7.56. The van der Waals surface area contributed by atoms with Gasteiger partial charge in [0.25, 0.3) is 0 Å². The highest BCUT2D eigenvalue weighted by molar-refractivity contribution is 5.52. The summed E-state index contributed by atoms with van der Waals surface area (Å²) in [6.45, 7) is 8.19. The van der Waals surface area contributed by atoms with Gasteiger partial charge in [-0.2, -0.15) is 0 Å². The van der Waals surface area contributed by atoms with Crippen molar-refractivity contribution >= 4 is 5.69 Å². The van der Waals surface area contributed by atoms with Crippen LogP contribution in [0.2, 0.25) is 0 Å². The van der Waals surface area contributed by atoms with Gasteiger partial charge in [0.2, 0.25) is 0 Å². The quantitative estimate of drug-likeness (QED) is 0.846. The van der Waals surface area contributed by atoms with Gasteiger partial charge in [-0.05, 0) is 50.0 Å². The van der Waals surface area contributed by atoms with Gasteiger partial charge < -0.3 is 5.73 Å². The van der Waals surface area contributed by atoms with Crippen molar-refractivity contribution in [3.63, 3.8) is 0 Å². The molecule has 3 heteroatoms. The fraction of sp³-hybridized carbons (Fsp3) is 0.625. The number of benzene rings is 1. The summed E-state index contributed by atoms with van der Waals surface area (Å²) in [7, 11) is 0. The molecule has 1 aromatic rings. The summed E-state index contributed by atoms with van der Waals surface area (Å²) in [6.07, 6.45) is 4.16. The Hall–Kier alpha value is -1.06. The van der Waals surface area contributed by atoms with E-state index in [4.69, 9.17) is 5.73 Å². The second-order valence-electron chi connectivity index (χ2n) is 6.10. The molecule has 1 atom stereocenters. The maximum absolute atomic E-state index is 6.07. The molecule has 1 fully saturated rings. The Morgan fingerprint density at radius 2 is 1.95 bits per heavy atom. The van der Waals surface area contributed by atoms with Crippen molar-refractivity contribution in [3.8, 4) is 0 Å². The molecule has 3 rings (SSSR count). The zero-order valence-electron chi connectivity index (χ0n) is 11.9. The summed E-state index contributed by atoms with van der Waals surface area (Å²) in [5.74, 6) is 0. The molecule has 2 aliphatic heterocycles. The number of rotatable bonds is 3. The van der Waals surface area contributed by atoms with Crippen LogP contribution >= 0.6 is 0 Å². The molecule has 1 unspecified atom stereocenters. The summed E-state index contributed by atoms with van der Waals surface area (Å²) in [4.78, 5) is 5.19. The number of nitrogen functional groups attached to an aromatic ring is 1. The van der Waals surface area contributed by atoms with E-state index in [1.165, 1.54) is 43.5 Å². The topological polar surface area (TPSA) is 32.5 Å². The lowest BCUT2D eigenvalue weighted by Gasteiger charge is -2.34. The fourth-order valence-electron chi connectivity index (χ4n) is 3.49. The lowest BCUT2D eigenvalue weighted by molar-refractivity contribution is 0.127. The van der Waals surface area contributed by atoms with Crippen LogP contribution in [-0.2, 0) is 13.1 Å². The third-order valence-corrected chi connectivity index (χ3v) is 4.62. The van der Waals surface area contributed by atoms with Crippen LogP contribution in [0.4, 0.5) is 5.69 Å². The highest BCUT2D eigenvalue weighted by Crippen LogP contribution is 2.28. The fourth-order valence-corrected chi connectivity index (χ4v) is 3.49. The minimum absolute atomic E-state index is 0.663. The van der Waals surface area contributed by atoms with E-state index in [2.05, 4.69) is 28.9 Å². The van der Waals surface area contributed by atoms with E-state index in [1.54, 1.807) is 0 Å². The first kappa shape index (κ1) is 12.9. The molecule has 1 saturated heterocycles. The monoisotopic (exact) mass is 259 g/mol. The van der Waals surface area contributed by atoms with Crippen LogP contribution in [0.1, 0.15) is 37.3 Å². The molecule has 0 spiro atoms. The molecule has 0 amide bonds. The Morgan fingerprint density at radius 1 is 1.16 bits per heavy atom. The van der Waals surface area contributed by atoms with Crippen molar-refractivity contribution in [1.29, 1.82) is 0 Å². The van der Waals surface area contributed by atoms with Crippen LogP contribution in [0.15, 0.2) is 18.2 Å². The Morgan fingerprint density at radius 3 is 2.68 bits per heavy atom. The molecule has 0 bridgehead atoms. The van der Waals surface area contributed by atoms with Crippen LogP contribution in [-0.4, -0.2) is 35.5 Å². The molecule has 0 saturated carbocycles. The second-order valence-corrected chi connectivity index (χ2v) is 6.10. The minimum Gasteiger partial charge on any atom is -0.398 e. The van der Waals surface area contributed by atoms with Crippen molar-refractivity contribution in [3.05, 3.63) is 29.3 Å². The summed E-state index contributed by atoms with van der Waals surface area (Å²) in [6, 6.07) is 6.98. The summed E-state index contributed by atoms with van der Waals surface area (Å²) in [5.41, 5.74) is 9.81. The number of piperidine rings is 1. The first-order chi connectivity index (χ1) is 9.24. The van der Waals surface area contributed by atoms with Crippen molar-refractivity contribution in [2.24, 2.45) is 0 Å². The van der Waals surface area contributed by atoms with Crippen LogP contribution in [0, 0.1) is 0 Å². The number of nitrogens with two attached hydrogens (primary N) is 1. The molecule has 2 aliphatic rings. The largest absolute Gasteiger partial charge is 0.398 e. The van der Waals surface area contributed by atoms with E-state index in [9.17, 15) is 0 Å². The average Bonchev–Trinajstić information content (AvgIpc) is 2.84. The molecule has 0 aliphatic carbocycles. The number of fused-ring (bicyclic) bond motifs is 1. The Balaban J connectivity index is 1.59. The third-order valence-electron chi connectivity index (χ3n) is 4.62. The Kier molecular flexibility index (Phi) is 3.76. The number of nitrogens with zero attached hydrogens (tertiary/aromatic N) is 2. The number of anilines is 1. The zero-order chi connectivity index (χ0) is 13.2. The molecule has 0 radical (unpaired) electrons. The maximum Gasteiger partial charge on any atom is 0.0363 e. The Labute approximate surface area is 116 Å². The minimum atomic E-state index is 0.663. The predicted octanol–water partition coefficient (Wildman–Crippen LogP) is 2.46. The van der Waals surface area contributed by atoms with E-state index < -0.39 is 0 Å². The molecule has 0 aromatic heterocycles. The van der Waals surface area contributed by atoms with Crippen LogP contribution in [0.25, 0.3) is 0 Å². The van der Waals surface area contributed by atoms with E-state index >= 15 is 0 Å². The predicted molar refractivity (Wildman–Crippen MR) is 79.9 cm³/mol. The zero-order valence-corrected chi connectivity index (χ0v) is 11.9. The van der Waals surface area contributed by atoms with E-state index in [0.29, 0.717) is 6.04 Å². The van der Waals surface area contributed by atoms with E-state index in [0.717, 1.165) is 25.3 Å². The molecule has 2 N–H and O–H groups in total. The first-order valence-corrected chi connectivity index (χ1v) is 7.56. The average molecular weight is 259 g/mol. The van der Waals surface area contributed by atoms with E-state index in [-0.39, 0.29) is 0 Å². The summed E-state index contributed by atoms with van der Waals surface area (Å²) in [5, 5.41) is 0. The third kappa shape index (κ3) is 2.77. The van der Waals surface area contributed by atoms with Gasteiger partial charge in [-0.1, -0.05) is 18.6 Å². The number of likely N-dealkylation sites (tertiary alicyclic amines) is 1. The van der Waals surface area contributed by atoms with E-state index in [1.807, 2.05) is 6.07 Å². The molecular weight excluding hydrogens is 234 g/mol. The number of hydrogen-bond acceptors (Lipinski definition) is 3. The molecule has 19 heavy (non-hydrogen) atoms. The SMILES string of the molecule is CC(CN1Cc2cccc(N)c2C1)N1CCCCC1. The van der Waals surface area contributed by atoms with Crippen LogP contribution < -0.4 is 5.73 Å². The number of hydrogen-bond donors (Lipinski definition) is 1. The second kappa shape index (κ2) is 5.51. The highest BCUT2D eigenvalue weighted by atomic mass is 15.2. The molecule has 104 valence electrons. The van der Waals surface area contributed by atoms with Gasteiger partial charge in [0, 0.05) is 31.4 Å². The van der Waals surface area contributed by atoms with Gasteiger partial charge in [-0.3, -0.25) is 9.80 Å². The summed E-state index contributed by atoms with van der Waals surface area (Å²) >= 11 is 0. The van der Waals surface area contributed by atoms with Crippen molar-refractivity contribution in [2.75, 3.05) is 25.4 Å². The van der Waals surface area contributed by atoms with Crippen molar-refractivity contribution in [1.82, 2.24) is 9.80 Å². The maximum atomic E-state index is 6.07. The molecular formula is C16H25N3. The highest BCUT2D eigenvalue weighted by Gasteiger charge is 2.24. The van der Waals surface area contributed by atoms with Crippen LogP contribution in [0.5, 0.6) is 0 Å². The van der Waals surface area contributed by atoms with Crippen molar-refractivity contribution < 1.29 is 0 Å². The smallest absolute Gasteiger partial charge is 0.0363 e. The lowest BCUT2D eigenvalue weighted by Crippen LogP contribution is -2.43. The van der Waals surface area contributed by atoms with Gasteiger partial charge in [0.15, 0.2) is 0 Å². The normalized spacial score (nSPS) is 22.4. The lowest BCUT2D eigenvalue weighted by atomic mass is 10.1. The standard InChI is InChI=1S/C16H25N3/c1-13(19-8-3-2-4-9-19)10-18-11-14-6-5-7-16(17)15(14)12-18/h5-7,13H,2-4,8-12,17H2,1H3. The van der Waals surface area contributed by atoms with Gasteiger partial charge in [0.05, 0.1) is 0 Å². The summed E-state index contributed by atoms with van der Waals surface area (Å²) < 4.78 is 0. The van der Waals surface area contributed by atoms with Gasteiger partial charge in [-0.15, -0.1) is 0 Å². The van der Waals surface area contributed by atoms with Gasteiger partial charge in [-0.25, -0.2) is 0 Å². The van der Waals surface area contributed by atoms with Crippen molar-refractivity contribution in [2.45, 2.75) is 45.3 Å². The van der Waals surface area contributed by atoms with Gasteiger partial charge in [0.1, 0.15) is 0 Å². The molecule has 1 aromatic carbocycles. The van der Waals surface area contributed by atoms with Crippen LogP contribution in [0.3, 0.4) is 0 Å². The molecule has 3 nitrogen and oxygen atoms in total. The van der Waals surface area contributed by atoms with Gasteiger partial charge >= 0.3 is 0 Å².